The maximum absolute atomic E-state index is 14.4. The van der Waals surface area contributed by atoms with Crippen molar-refractivity contribution in [1.29, 1.82) is 5.53 Å². The number of nitrogens with zero attached hydrogens (tertiary/aromatic N) is 6. The molecule has 0 unspecified atom stereocenters. The zero-order valence-electron chi connectivity index (χ0n) is 77.2. The van der Waals surface area contributed by atoms with Gasteiger partial charge in [-0.15, -0.1) is 0 Å². The second-order valence-corrected chi connectivity index (χ2v) is 35.9. The van der Waals surface area contributed by atoms with Crippen LogP contribution in [0.5, 0.6) is 0 Å². The van der Waals surface area contributed by atoms with Crippen molar-refractivity contribution in [3.63, 3.8) is 0 Å². The fourth-order valence-corrected chi connectivity index (χ4v) is 18.1. The number of pyridine rings is 3. The smallest absolute Gasteiger partial charge is 0.870 e. The zero-order chi connectivity index (χ0) is 103. The van der Waals surface area contributed by atoms with Crippen molar-refractivity contribution >= 4 is 198 Å². The van der Waals surface area contributed by atoms with E-state index in [1.54, 1.807) is 152 Å². The topological polar surface area (TPSA) is 361 Å². The number of hydrogen-bond donors (Lipinski definition) is 6. The average Bonchev–Trinajstić information content (AvgIpc) is 1.29. The van der Waals surface area contributed by atoms with Crippen LogP contribution in [-0.2, 0) is 75.7 Å². The van der Waals surface area contributed by atoms with E-state index >= 15 is 0 Å². The van der Waals surface area contributed by atoms with Crippen LogP contribution in [0.25, 0.3) is 87.1 Å². The molecule has 8 N–H and O–H groups in total. The molecule has 146 heavy (non-hydrogen) atoms. The van der Waals surface area contributed by atoms with Gasteiger partial charge in [0.05, 0.1) is 100 Å². The van der Waals surface area contributed by atoms with Gasteiger partial charge >= 0.3 is 62.4 Å². The van der Waals surface area contributed by atoms with Crippen molar-refractivity contribution in [2.75, 3.05) is 27.4 Å². The first-order chi connectivity index (χ1) is 67.5. The van der Waals surface area contributed by atoms with E-state index in [1.165, 1.54) is 94.2 Å². The molecule has 2 aliphatic heterocycles. The summed E-state index contributed by atoms with van der Waals surface area (Å²) in [7, 11) is 1.94. The van der Waals surface area contributed by atoms with Crippen LogP contribution in [-0.4, -0.2) is 125 Å². The molecule has 3 amide bonds. The molecule has 2 fully saturated rings. The average molecular weight is 2190 g/mol. The summed E-state index contributed by atoms with van der Waals surface area (Å²) in [4.78, 5) is 88.5. The van der Waals surface area contributed by atoms with Crippen molar-refractivity contribution < 1.29 is 121 Å². The molecule has 5 heterocycles. The number of nitrogens with one attached hydrogen (secondary N) is 4. The molecule has 3 aromatic heterocycles. The van der Waals surface area contributed by atoms with Gasteiger partial charge in [0.2, 0.25) is 0 Å². The van der Waals surface area contributed by atoms with Crippen LogP contribution >= 0.6 is 85.5 Å². The Balaban J connectivity index is 0.000000235. The fourth-order valence-electron chi connectivity index (χ4n) is 15.9. The molecule has 17 rings (SSSR count). The minimum Gasteiger partial charge on any atom is -0.870 e. The maximum atomic E-state index is 14.4. The molecule has 0 spiro atoms. The predicted molar refractivity (Wildman–Crippen MR) is 549 cm³/mol. The summed E-state index contributed by atoms with van der Waals surface area (Å²) in [6.07, 6.45) is -6.92. The quantitative estimate of drug-likeness (QED) is 0.00833. The number of nitrogens with two attached hydrogens (primary N) is 1. The van der Waals surface area contributed by atoms with Crippen molar-refractivity contribution in [3.05, 3.63) is 340 Å². The number of carboxylic acid groups (broad SMARTS) is 1. The van der Waals surface area contributed by atoms with Gasteiger partial charge in [-0.05, 0) is 174 Å². The number of alkyl halides is 9. The van der Waals surface area contributed by atoms with E-state index in [2.05, 4.69) is 68.3 Å². The van der Waals surface area contributed by atoms with Crippen LogP contribution in [0.1, 0.15) is 120 Å². The number of carbonyl (C=O) groups excluding carboxylic acids is 5. The van der Waals surface area contributed by atoms with E-state index in [-0.39, 0.29) is 149 Å². The molecular formula is C104H93BBrCl6F9LiN11O13. The molecule has 12 aromatic carbocycles. The molecule has 0 aliphatic carbocycles. The van der Waals surface area contributed by atoms with Gasteiger partial charge in [0.25, 0.3) is 17.7 Å². The van der Waals surface area contributed by atoms with Crippen LogP contribution in [0, 0.1) is 5.53 Å². The number of aliphatic carboxylic acids is 1. The Kier molecular flexibility index (Phi) is 42.5. The third-order valence-electron chi connectivity index (χ3n) is 23.2. The third-order valence-corrected chi connectivity index (χ3v) is 25.7. The summed E-state index contributed by atoms with van der Waals surface area (Å²) in [5.41, 5.74) is 5.54. The SMILES string of the molecule is C.C.C1CCOC1.COC(=O)[C@H](Cc1ccc(-c2ncc3ccccc3c2C(F)(F)F)c2ccccc12)NC(=O)c1c(Cl)cccc1Cl.COC(=O)[C@H](Cc1ccc(B2OC(C)(C)C(C)(C)O2)c2ccccc12)NC(=O)c1c(Cl)cccc1Cl.FC(F)(F)c1c(Br)ncc2ccccc12.N=N/N=N/N.O=C(N[C@@H](Cc1ccc(-c2ncc3ccccc3c2C(F)(F)F)c2ccccc12)C(=O)O)c1c(Cl)cccc1Cl.[Li+].[OH-]. The predicted octanol–water partition coefficient (Wildman–Crippen LogP) is 23.8. The minimum absolute atomic E-state index is 0. The van der Waals surface area contributed by atoms with Crippen molar-refractivity contribution in [2.45, 2.75) is 123 Å². The fraction of sp³-hybridized carbons (Fsp3) is 0.221. The first-order valence-corrected chi connectivity index (χ1v) is 46.1. The monoisotopic (exact) mass is 2180 g/mol. The van der Waals surface area contributed by atoms with Gasteiger partial charge in [-0.3, -0.25) is 24.4 Å². The number of carbonyl (C=O) groups is 6. The Morgan fingerprint density at radius 2 is 0.740 bits per heavy atom. The van der Waals surface area contributed by atoms with Crippen molar-refractivity contribution in [2.24, 2.45) is 21.5 Å². The molecule has 0 radical (unpaired) electrons. The second kappa shape index (κ2) is 52.2. The number of ether oxygens (including phenoxy) is 3. The van der Waals surface area contributed by atoms with Gasteiger partial charge in [-0.2, -0.15) is 45.0 Å². The van der Waals surface area contributed by atoms with E-state index in [1.807, 2.05) is 64.1 Å². The molecule has 0 saturated carbocycles. The van der Waals surface area contributed by atoms with Crippen molar-refractivity contribution in [3.8, 4) is 22.5 Å². The molecular weight excluding hydrogens is 2090 g/mol. The Morgan fingerprint density at radius 1 is 0.445 bits per heavy atom. The number of carboxylic acids is 1. The van der Waals surface area contributed by atoms with Gasteiger partial charge in [0, 0.05) is 78.4 Å². The number of esters is 2. The maximum Gasteiger partial charge on any atom is 1.00 e. The van der Waals surface area contributed by atoms with Crippen LogP contribution in [0.2, 0.25) is 30.1 Å². The number of rotatable bonds is 19. The summed E-state index contributed by atoms with van der Waals surface area (Å²) in [5, 5.41) is 31.6. The number of halogens is 16. The molecule has 42 heteroatoms. The van der Waals surface area contributed by atoms with E-state index < -0.39 is 107 Å². The van der Waals surface area contributed by atoms with Crippen molar-refractivity contribution in [1.82, 2.24) is 30.9 Å². The number of aromatic nitrogens is 3. The number of benzene rings is 12. The summed E-state index contributed by atoms with van der Waals surface area (Å²) in [6, 6.07) is 60.6. The molecule has 2 saturated heterocycles. The summed E-state index contributed by atoms with van der Waals surface area (Å²) in [6.45, 7) is 10.0. The van der Waals surface area contributed by atoms with E-state index in [0.29, 0.717) is 48.8 Å². The largest absolute Gasteiger partial charge is 1.00 e. The summed E-state index contributed by atoms with van der Waals surface area (Å²) >= 11 is 39.8. The molecule has 24 nitrogen and oxygen atoms in total. The molecule has 0 bridgehead atoms. The summed E-state index contributed by atoms with van der Waals surface area (Å²) < 4.78 is 152. The third kappa shape index (κ3) is 28.3. The summed E-state index contributed by atoms with van der Waals surface area (Å²) in [5.74, 6) is -0.212. The Hall–Kier alpha value is -12.4. The standard InChI is InChI=1S/C31H21Cl2F3N2O3.C30H19Cl2F3N2O3.C27H28BCl2NO5.C10H5BrF3N.C4H8O.2CH4.Li.H3N5.H2O/c1-41-30(40)25(38-29(39)26-23(32)11-6-12-24(26)33)15-17-13-14-22(21-10-5-4-8-19(17)21)28-27(31(34,35)36)20-9-3-2-7-18(20)16-37-28;31-22-10-5-11-23(32)25(22)28(38)37-24(29(39)40)14-16-12-13-21(20-9-4-3-7-18(16)20)27-26(30(33,34)35)19-8-2-1-6-17(19)15-36-27;1-26(2)27(3,4)36-28(35-26)19-14-13-16(17-9-6-7-10-18(17)19)15-22(25(33)34-5)31-24(32)23-20(29)11-8-12-21(23)30;11-9-8(10(12,13)14)7-4-2-1-3-6(7)5-15-9;1-2-4-5-3-1;;;;1-3-5-4-2;/h2-14,16,25H,15H2,1H3,(H,38,39);1-13,15,24H,14H2,(H,37,38)(H,39,40);6-14,22H,15H2,1-5H3,(H,31,32);1-5H;1-4H2;2*1H4;;(H3,1,2,5);1H2/q;;;;;;;+1;;/p-1/t25-;24-;22-;;;;;;;/m000......./s1. The Morgan fingerprint density at radius 3 is 1.05 bits per heavy atom. The Bertz CT molecular complexity index is 7230. The number of amides is 3. The van der Waals surface area contributed by atoms with E-state index in [9.17, 15) is 73.4 Å². The van der Waals surface area contributed by atoms with Crippen LogP contribution in [0.15, 0.2) is 275 Å². The molecule has 2 aliphatic rings. The van der Waals surface area contributed by atoms with Gasteiger partial charge in [0.1, 0.15) is 22.7 Å². The minimum atomic E-state index is -4.68. The van der Waals surface area contributed by atoms with Gasteiger partial charge < -0.3 is 55.9 Å². The molecule has 15 aromatic rings. The van der Waals surface area contributed by atoms with Crippen LogP contribution in [0.4, 0.5) is 39.5 Å². The molecule has 3 atom stereocenters. The number of hydrogen-bond acceptors (Lipinski definition) is 17. The zero-order valence-corrected chi connectivity index (χ0v) is 83.3. The van der Waals surface area contributed by atoms with Gasteiger partial charge in [-0.1, -0.05) is 290 Å². The first kappa shape index (κ1) is 119. The second-order valence-electron chi connectivity index (χ2n) is 32.7. The number of fused-ring (bicyclic) bond motifs is 6. The van der Waals surface area contributed by atoms with Crippen LogP contribution < -0.4 is 46.1 Å². The first-order valence-electron chi connectivity index (χ1n) is 43.1. The Labute approximate surface area is 883 Å². The van der Waals surface area contributed by atoms with Crippen LogP contribution in [0.3, 0.4) is 0 Å². The van der Waals surface area contributed by atoms with Gasteiger partial charge in [0.15, 0.2) is 0 Å². The van der Waals surface area contributed by atoms with E-state index in [0.717, 1.165) is 35.0 Å². The van der Waals surface area contributed by atoms with E-state index in [4.69, 9.17) is 98.7 Å². The van der Waals surface area contributed by atoms with Gasteiger partial charge in [-0.25, -0.2) is 19.4 Å². The number of methoxy groups -OCH3 is 2. The normalized spacial score (nSPS) is 13.5. The molecule has 758 valence electrons.